The summed E-state index contributed by atoms with van der Waals surface area (Å²) in [7, 11) is 0. The number of nitrogens with one attached hydrogen (secondary N) is 1. The van der Waals surface area contributed by atoms with E-state index in [0.29, 0.717) is 35.6 Å². The Bertz CT molecular complexity index is 1220. The standard InChI is InChI=1S/C21H15F5N4O/c1-8-21(29-13-5-2-9-6-10(27)3-4-11(9)20(13)28-8)30-14(31)7-12-15(22)17(24)19(26)18(25)16(12)23/h3-4,6H,2,5,7,27H2,1H3,(H,29,30,31). The summed E-state index contributed by atoms with van der Waals surface area (Å²) < 4.78 is 67.6. The molecule has 0 atom stereocenters. The van der Waals surface area contributed by atoms with E-state index in [1.807, 2.05) is 12.1 Å². The van der Waals surface area contributed by atoms with Gasteiger partial charge < -0.3 is 11.1 Å². The molecule has 3 N–H and O–H groups in total. The van der Waals surface area contributed by atoms with E-state index in [2.05, 4.69) is 15.3 Å². The van der Waals surface area contributed by atoms with Crippen LogP contribution in [0.1, 0.15) is 22.5 Å². The highest BCUT2D eigenvalue weighted by molar-refractivity contribution is 5.92. The number of aromatic nitrogens is 2. The number of hydrogen-bond acceptors (Lipinski definition) is 4. The zero-order valence-corrected chi connectivity index (χ0v) is 16.1. The van der Waals surface area contributed by atoms with E-state index < -0.39 is 47.0 Å². The maximum Gasteiger partial charge on any atom is 0.230 e. The highest BCUT2D eigenvalue weighted by atomic mass is 19.2. The van der Waals surface area contributed by atoms with Gasteiger partial charge in [-0.3, -0.25) is 4.79 Å². The molecule has 2 aromatic carbocycles. The van der Waals surface area contributed by atoms with Crippen LogP contribution in [0.25, 0.3) is 11.3 Å². The van der Waals surface area contributed by atoms with Gasteiger partial charge in [0, 0.05) is 16.8 Å². The number of fused-ring (bicyclic) bond motifs is 3. The van der Waals surface area contributed by atoms with Crippen molar-refractivity contribution in [1.29, 1.82) is 0 Å². The number of carbonyl (C=O) groups is 1. The van der Waals surface area contributed by atoms with Crippen LogP contribution in [-0.4, -0.2) is 15.9 Å². The molecule has 10 heteroatoms. The van der Waals surface area contributed by atoms with Gasteiger partial charge in [-0.25, -0.2) is 31.9 Å². The van der Waals surface area contributed by atoms with Crippen molar-refractivity contribution < 1.29 is 26.7 Å². The van der Waals surface area contributed by atoms with Gasteiger partial charge in [-0.2, -0.15) is 0 Å². The van der Waals surface area contributed by atoms with Crippen molar-refractivity contribution in [3.8, 4) is 11.3 Å². The lowest BCUT2D eigenvalue weighted by Gasteiger charge is -2.20. The van der Waals surface area contributed by atoms with Crippen LogP contribution in [0.2, 0.25) is 0 Å². The molecule has 0 fully saturated rings. The Morgan fingerprint density at radius 3 is 2.32 bits per heavy atom. The molecule has 0 spiro atoms. The second-order valence-corrected chi connectivity index (χ2v) is 7.14. The van der Waals surface area contributed by atoms with E-state index >= 15 is 0 Å². The largest absolute Gasteiger partial charge is 0.399 e. The third-order valence-corrected chi connectivity index (χ3v) is 5.05. The minimum absolute atomic E-state index is 0.0477. The summed E-state index contributed by atoms with van der Waals surface area (Å²) in [4.78, 5) is 21.2. The van der Waals surface area contributed by atoms with Gasteiger partial charge >= 0.3 is 0 Å². The summed E-state index contributed by atoms with van der Waals surface area (Å²) in [5, 5.41) is 2.35. The van der Waals surface area contributed by atoms with Gasteiger partial charge in [-0.1, -0.05) is 6.07 Å². The van der Waals surface area contributed by atoms with Gasteiger partial charge in [0.2, 0.25) is 11.7 Å². The van der Waals surface area contributed by atoms with E-state index in [9.17, 15) is 26.7 Å². The normalized spacial score (nSPS) is 12.3. The van der Waals surface area contributed by atoms with Crippen LogP contribution in [0.4, 0.5) is 33.5 Å². The van der Waals surface area contributed by atoms with Crippen LogP contribution in [0, 0.1) is 36.0 Å². The predicted octanol–water partition coefficient (Wildman–Crippen LogP) is 4.01. The lowest BCUT2D eigenvalue weighted by molar-refractivity contribution is -0.115. The topological polar surface area (TPSA) is 80.9 Å². The summed E-state index contributed by atoms with van der Waals surface area (Å²) in [6, 6.07) is 5.43. The fraction of sp³-hybridized carbons (Fsp3) is 0.190. The van der Waals surface area contributed by atoms with Crippen LogP contribution < -0.4 is 11.1 Å². The van der Waals surface area contributed by atoms with E-state index in [0.717, 1.165) is 11.1 Å². The van der Waals surface area contributed by atoms with Gasteiger partial charge in [0.05, 0.1) is 23.5 Å². The minimum atomic E-state index is -2.28. The average Bonchev–Trinajstić information content (AvgIpc) is 2.74. The number of amides is 1. The van der Waals surface area contributed by atoms with Gasteiger partial charge in [0.25, 0.3) is 0 Å². The monoisotopic (exact) mass is 434 g/mol. The molecule has 1 aliphatic rings. The van der Waals surface area contributed by atoms with Crippen LogP contribution in [-0.2, 0) is 24.1 Å². The summed E-state index contributed by atoms with van der Waals surface area (Å²) in [5.74, 6) is -11.5. The molecule has 0 bridgehead atoms. The van der Waals surface area contributed by atoms with Gasteiger partial charge in [0.1, 0.15) is 0 Å². The molecular formula is C21H15F5N4O. The van der Waals surface area contributed by atoms with Crippen molar-refractivity contribution in [2.45, 2.75) is 26.2 Å². The lowest BCUT2D eigenvalue weighted by Crippen LogP contribution is -2.21. The number of nitrogens with two attached hydrogens (primary N) is 1. The van der Waals surface area contributed by atoms with E-state index in [1.165, 1.54) is 0 Å². The number of nitrogen functional groups attached to an aromatic ring is 1. The molecule has 0 saturated carbocycles. The molecule has 31 heavy (non-hydrogen) atoms. The van der Waals surface area contributed by atoms with Crippen molar-refractivity contribution in [1.82, 2.24) is 9.97 Å². The summed E-state index contributed by atoms with van der Waals surface area (Å²) in [6.07, 6.45) is 0.120. The quantitative estimate of drug-likeness (QED) is 0.283. The molecule has 1 amide bonds. The van der Waals surface area contributed by atoms with Crippen LogP contribution in [0.5, 0.6) is 0 Å². The molecule has 0 unspecified atom stereocenters. The third-order valence-electron chi connectivity index (χ3n) is 5.05. The average molecular weight is 434 g/mol. The van der Waals surface area contributed by atoms with Crippen molar-refractivity contribution in [2.24, 2.45) is 0 Å². The van der Waals surface area contributed by atoms with Crippen molar-refractivity contribution in [3.63, 3.8) is 0 Å². The molecule has 1 aliphatic carbocycles. The molecule has 3 aromatic rings. The maximum atomic E-state index is 13.8. The first kappa shape index (κ1) is 20.7. The number of carbonyl (C=O) groups excluding carboxylic acids is 1. The first-order chi connectivity index (χ1) is 14.7. The van der Waals surface area contributed by atoms with Crippen molar-refractivity contribution >= 4 is 17.4 Å². The minimum Gasteiger partial charge on any atom is -0.399 e. The molecule has 0 radical (unpaired) electrons. The highest BCUT2D eigenvalue weighted by Crippen LogP contribution is 2.33. The smallest absolute Gasteiger partial charge is 0.230 e. The predicted molar refractivity (Wildman–Crippen MR) is 103 cm³/mol. The Morgan fingerprint density at radius 1 is 1.00 bits per heavy atom. The van der Waals surface area contributed by atoms with Crippen LogP contribution >= 0.6 is 0 Å². The first-order valence-corrected chi connectivity index (χ1v) is 9.23. The van der Waals surface area contributed by atoms with E-state index in [4.69, 9.17) is 5.73 Å². The number of aryl methyl sites for hydroxylation is 3. The fourth-order valence-corrected chi connectivity index (χ4v) is 3.51. The maximum absolute atomic E-state index is 13.8. The van der Waals surface area contributed by atoms with Crippen LogP contribution in [0.3, 0.4) is 0 Å². The molecule has 0 saturated heterocycles. The number of nitrogens with zero attached hydrogens (tertiary/aromatic N) is 2. The first-order valence-electron chi connectivity index (χ1n) is 9.23. The fourth-order valence-electron chi connectivity index (χ4n) is 3.51. The Labute approximate surface area is 173 Å². The number of rotatable bonds is 3. The van der Waals surface area contributed by atoms with Crippen molar-refractivity contribution in [2.75, 3.05) is 11.1 Å². The van der Waals surface area contributed by atoms with Crippen LogP contribution in [0.15, 0.2) is 18.2 Å². The van der Waals surface area contributed by atoms with E-state index in [1.54, 1.807) is 13.0 Å². The second-order valence-electron chi connectivity index (χ2n) is 7.14. The SMILES string of the molecule is Cc1nc2c(nc1NC(=O)Cc1c(F)c(F)c(F)c(F)c1F)CCc1cc(N)ccc1-2. The molecule has 4 rings (SSSR count). The zero-order valence-electron chi connectivity index (χ0n) is 16.1. The Morgan fingerprint density at radius 2 is 1.65 bits per heavy atom. The summed E-state index contributed by atoms with van der Waals surface area (Å²) in [5.41, 5.74) is 8.68. The molecule has 0 aliphatic heterocycles. The third kappa shape index (κ3) is 3.58. The molecule has 160 valence electrons. The molecule has 1 aromatic heterocycles. The van der Waals surface area contributed by atoms with Gasteiger partial charge in [0.15, 0.2) is 29.1 Å². The zero-order chi connectivity index (χ0) is 22.4. The van der Waals surface area contributed by atoms with Gasteiger partial charge in [-0.15, -0.1) is 0 Å². The second kappa shape index (κ2) is 7.60. The number of halogens is 5. The summed E-state index contributed by atoms with van der Waals surface area (Å²) >= 11 is 0. The van der Waals surface area contributed by atoms with Crippen molar-refractivity contribution in [3.05, 3.63) is 69.8 Å². The lowest BCUT2D eigenvalue weighted by atomic mass is 9.91. The van der Waals surface area contributed by atoms with E-state index in [-0.39, 0.29) is 5.82 Å². The molecule has 1 heterocycles. The summed E-state index contributed by atoms with van der Waals surface area (Å²) in [6.45, 7) is 1.58. The Hall–Kier alpha value is -3.56. The van der Waals surface area contributed by atoms with Gasteiger partial charge in [-0.05, 0) is 37.5 Å². The number of benzene rings is 2. The molecule has 5 nitrogen and oxygen atoms in total. The Balaban J connectivity index is 1.62. The number of anilines is 2. The highest BCUT2D eigenvalue weighted by Gasteiger charge is 2.27. The molecular weight excluding hydrogens is 419 g/mol. The number of hydrogen-bond donors (Lipinski definition) is 2. The Kier molecular flexibility index (Phi) is 5.08.